The number of phenolic OH excluding ortho intramolecular Hbond substituents is 1. The van der Waals surface area contributed by atoms with Crippen LogP contribution < -0.4 is 14.2 Å². The van der Waals surface area contributed by atoms with Gasteiger partial charge in [0, 0.05) is 12.1 Å². The SMILES string of the molecule is COc1cc2c(cc1O)C1Cc3cc(OC)c(OC)cc3[C@H](C2)N1C. The van der Waals surface area contributed by atoms with Gasteiger partial charge in [0.25, 0.3) is 0 Å². The summed E-state index contributed by atoms with van der Waals surface area (Å²) < 4.78 is 16.3. The molecular formula is C20H23NO4. The fourth-order valence-corrected chi connectivity index (χ4v) is 4.28. The van der Waals surface area contributed by atoms with Crippen LogP contribution in [0.25, 0.3) is 0 Å². The summed E-state index contributed by atoms with van der Waals surface area (Å²) in [6.07, 6.45) is 1.75. The van der Waals surface area contributed by atoms with Crippen molar-refractivity contribution in [2.24, 2.45) is 0 Å². The summed E-state index contributed by atoms with van der Waals surface area (Å²) in [6.45, 7) is 0. The minimum absolute atomic E-state index is 0.200. The van der Waals surface area contributed by atoms with Gasteiger partial charge in [-0.2, -0.15) is 0 Å². The molecule has 0 saturated heterocycles. The Balaban J connectivity index is 1.84. The summed E-state index contributed by atoms with van der Waals surface area (Å²) >= 11 is 0. The first-order valence-electron chi connectivity index (χ1n) is 8.43. The molecule has 0 spiro atoms. The highest BCUT2D eigenvalue weighted by molar-refractivity contribution is 5.55. The maximum absolute atomic E-state index is 10.2. The molecule has 2 aliphatic rings. The van der Waals surface area contributed by atoms with Gasteiger partial charge in [0.05, 0.1) is 21.3 Å². The molecule has 4 rings (SSSR count). The lowest BCUT2D eigenvalue weighted by Gasteiger charge is -2.46. The van der Waals surface area contributed by atoms with E-state index in [0.29, 0.717) is 5.75 Å². The Bertz CT molecular complexity index is 833. The van der Waals surface area contributed by atoms with Gasteiger partial charge < -0.3 is 19.3 Å². The van der Waals surface area contributed by atoms with Crippen LogP contribution in [0, 0.1) is 0 Å². The molecule has 0 aliphatic carbocycles. The zero-order chi connectivity index (χ0) is 17.7. The maximum atomic E-state index is 10.2. The third kappa shape index (κ3) is 2.34. The molecule has 0 radical (unpaired) electrons. The summed E-state index contributed by atoms with van der Waals surface area (Å²) in [7, 11) is 7.08. The molecule has 0 fully saturated rings. The van der Waals surface area contributed by atoms with E-state index in [9.17, 15) is 5.11 Å². The Morgan fingerprint density at radius 3 is 1.84 bits per heavy atom. The highest BCUT2D eigenvalue weighted by Gasteiger charge is 2.39. The number of nitrogens with zero attached hydrogens (tertiary/aromatic N) is 1. The molecule has 25 heavy (non-hydrogen) atoms. The molecular weight excluding hydrogens is 318 g/mol. The molecule has 2 atom stereocenters. The Kier molecular flexibility index (Phi) is 3.76. The van der Waals surface area contributed by atoms with Crippen LogP contribution in [0.4, 0.5) is 0 Å². The van der Waals surface area contributed by atoms with Crippen LogP contribution in [0.15, 0.2) is 24.3 Å². The second-order valence-corrected chi connectivity index (χ2v) is 6.73. The first kappa shape index (κ1) is 16.1. The Morgan fingerprint density at radius 1 is 0.800 bits per heavy atom. The summed E-state index contributed by atoms with van der Waals surface area (Å²) in [5, 5.41) is 10.2. The smallest absolute Gasteiger partial charge is 0.161 e. The lowest BCUT2D eigenvalue weighted by Crippen LogP contribution is -2.40. The van der Waals surface area contributed by atoms with Gasteiger partial charge in [-0.15, -0.1) is 0 Å². The van der Waals surface area contributed by atoms with E-state index in [1.165, 1.54) is 22.3 Å². The van der Waals surface area contributed by atoms with Crippen molar-refractivity contribution in [3.63, 3.8) is 0 Å². The monoisotopic (exact) mass is 341 g/mol. The van der Waals surface area contributed by atoms with E-state index >= 15 is 0 Å². The van der Waals surface area contributed by atoms with Crippen LogP contribution in [0.3, 0.4) is 0 Å². The number of methoxy groups -OCH3 is 3. The third-order valence-corrected chi connectivity index (χ3v) is 5.61. The second-order valence-electron chi connectivity index (χ2n) is 6.73. The molecule has 2 bridgehead atoms. The topological polar surface area (TPSA) is 51.2 Å². The Labute approximate surface area is 147 Å². The van der Waals surface area contributed by atoms with E-state index in [1.807, 2.05) is 12.1 Å². The Hall–Kier alpha value is -2.40. The molecule has 5 heteroatoms. The van der Waals surface area contributed by atoms with E-state index in [0.717, 1.165) is 24.3 Å². The average molecular weight is 341 g/mol. The normalized spacial score (nSPS) is 21.3. The molecule has 0 aromatic heterocycles. The third-order valence-electron chi connectivity index (χ3n) is 5.61. The molecule has 5 nitrogen and oxygen atoms in total. The fourth-order valence-electron chi connectivity index (χ4n) is 4.28. The molecule has 2 heterocycles. The first-order valence-corrected chi connectivity index (χ1v) is 8.43. The number of likely N-dealkylation sites (N-methyl/N-ethyl adjacent to an activating group) is 1. The summed E-state index contributed by atoms with van der Waals surface area (Å²) in [4.78, 5) is 2.39. The van der Waals surface area contributed by atoms with Crippen LogP contribution in [0.1, 0.15) is 34.3 Å². The molecule has 2 aromatic carbocycles. The van der Waals surface area contributed by atoms with Crippen molar-refractivity contribution in [2.45, 2.75) is 24.9 Å². The fraction of sp³-hybridized carbons (Fsp3) is 0.400. The molecule has 2 aromatic rings. The number of aromatic hydroxyl groups is 1. The summed E-state index contributed by atoms with van der Waals surface area (Å²) in [5.74, 6) is 2.27. The summed E-state index contributed by atoms with van der Waals surface area (Å²) in [6, 6.07) is 8.54. The van der Waals surface area contributed by atoms with Crippen molar-refractivity contribution < 1.29 is 19.3 Å². The Morgan fingerprint density at radius 2 is 1.28 bits per heavy atom. The van der Waals surface area contributed by atoms with Gasteiger partial charge in [0.2, 0.25) is 0 Å². The molecule has 0 saturated carbocycles. The lowest BCUT2D eigenvalue weighted by molar-refractivity contribution is 0.137. The van der Waals surface area contributed by atoms with E-state index in [1.54, 1.807) is 21.3 Å². The molecule has 0 amide bonds. The van der Waals surface area contributed by atoms with Crippen molar-refractivity contribution in [2.75, 3.05) is 28.4 Å². The van der Waals surface area contributed by atoms with Gasteiger partial charge in [0.15, 0.2) is 23.0 Å². The lowest BCUT2D eigenvalue weighted by atomic mass is 9.76. The minimum atomic E-state index is 0.200. The highest BCUT2D eigenvalue weighted by Crippen LogP contribution is 2.50. The number of hydrogen-bond acceptors (Lipinski definition) is 5. The van der Waals surface area contributed by atoms with Gasteiger partial charge in [0.1, 0.15) is 0 Å². The largest absolute Gasteiger partial charge is 0.504 e. The van der Waals surface area contributed by atoms with E-state index in [4.69, 9.17) is 14.2 Å². The van der Waals surface area contributed by atoms with Crippen molar-refractivity contribution in [3.8, 4) is 23.0 Å². The van der Waals surface area contributed by atoms with E-state index < -0.39 is 0 Å². The quantitative estimate of drug-likeness (QED) is 0.929. The molecule has 1 unspecified atom stereocenters. The van der Waals surface area contributed by atoms with E-state index in [2.05, 4.69) is 24.1 Å². The zero-order valence-corrected chi connectivity index (χ0v) is 15.0. The number of hydrogen-bond donors (Lipinski definition) is 1. The van der Waals surface area contributed by atoms with Gasteiger partial charge in [-0.25, -0.2) is 0 Å². The van der Waals surface area contributed by atoms with Crippen molar-refractivity contribution >= 4 is 0 Å². The van der Waals surface area contributed by atoms with Gasteiger partial charge >= 0.3 is 0 Å². The molecule has 2 aliphatic heterocycles. The predicted molar refractivity (Wildman–Crippen MR) is 94.9 cm³/mol. The van der Waals surface area contributed by atoms with Gasteiger partial charge in [-0.1, -0.05) is 0 Å². The zero-order valence-electron chi connectivity index (χ0n) is 15.0. The number of phenols is 1. The average Bonchev–Trinajstić information content (AvgIpc) is 2.62. The second kappa shape index (κ2) is 5.85. The van der Waals surface area contributed by atoms with E-state index in [-0.39, 0.29) is 17.8 Å². The van der Waals surface area contributed by atoms with Crippen LogP contribution >= 0.6 is 0 Å². The molecule has 132 valence electrons. The van der Waals surface area contributed by atoms with Crippen LogP contribution in [0.2, 0.25) is 0 Å². The number of rotatable bonds is 3. The van der Waals surface area contributed by atoms with Crippen LogP contribution in [0.5, 0.6) is 23.0 Å². The van der Waals surface area contributed by atoms with Gasteiger partial charge in [-0.3, -0.25) is 4.90 Å². The van der Waals surface area contributed by atoms with Crippen LogP contribution in [-0.2, 0) is 12.8 Å². The minimum Gasteiger partial charge on any atom is -0.504 e. The number of benzene rings is 2. The van der Waals surface area contributed by atoms with Gasteiger partial charge in [-0.05, 0) is 66.4 Å². The summed E-state index contributed by atoms with van der Waals surface area (Å²) in [5.41, 5.74) is 4.99. The van der Waals surface area contributed by atoms with Crippen molar-refractivity contribution in [1.82, 2.24) is 4.90 Å². The number of ether oxygens (including phenoxy) is 3. The molecule has 1 N–H and O–H groups in total. The van der Waals surface area contributed by atoms with Crippen molar-refractivity contribution in [3.05, 3.63) is 46.5 Å². The first-order chi connectivity index (χ1) is 12.1. The van der Waals surface area contributed by atoms with Crippen LogP contribution in [-0.4, -0.2) is 38.4 Å². The van der Waals surface area contributed by atoms with Crippen molar-refractivity contribution in [1.29, 1.82) is 0 Å². The number of fused-ring (bicyclic) bond motifs is 6. The predicted octanol–water partition coefficient (Wildman–Crippen LogP) is 3.24. The standard InChI is InChI=1S/C20H23NO4/c1-21-15-6-12-8-19(24-3)20(25-4)10-14(12)16(21)5-11-7-18(23-2)17(22)9-13(11)15/h7-10,15-16,22H,5-6H2,1-4H3/t15?,16-/m0/s1. The highest BCUT2D eigenvalue weighted by atomic mass is 16.5. The maximum Gasteiger partial charge on any atom is 0.161 e.